The predicted octanol–water partition coefficient (Wildman–Crippen LogP) is 1.95. The van der Waals surface area contributed by atoms with Gasteiger partial charge in [0.2, 0.25) is 5.91 Å². The fourth-order valence-electron chi connectivity index (χ4n) is 2.81. The Kier molecular flexibility index (Phi) is 6.05. The van der Waals surface area contributed by atoms with Crippen molar-refractivity contribution in [2.75, 3.05) is 31.7 Å². The van der Waals surface area contributed by atoms with Crippen LogP contribution in [0.4, 0.5) is 10.5 Å². The van der Waals surface area contributed by atoms with Crippen LogP contribution in [0, 0.1) is 0 Å². The normalized spacial score (nSPS) is 18.4. The number of carbonyl (C=O) groups excluding carboxylic acids is 2. The van der Waals surface area contributed by atoms with Gasteiger partial charge in [-0.25, -0.2) is 13.2 Å². The molecule has 0 radical (unpaired) electrons. The molecule has 1 unspecified atom stereocenters. The molecule has 1 aliphatic heterocycles. The summed E-state index contributed by atoms with van der Waals surface area (Å²) in [6.45, 7) is 3.02. The average Bonchev–Trinajstić information content (AvgIpc) is 2.55. The van der Waals surface area contributed by atoms with Crippen LogP contribution in [0.3, 0.4) is 0 Å². The zero-order valence-corrected chi connectivity index (χ0v) is 15.7. The van der Waals surface area contributed by atoms with Gasteiger partial charge >= 0.3 is 6.03 Å². The number of carbonyl (C=O) groups is 2. The van der Waals surface area contributed by atoms with Crippen LogP contribution in [0.15, 0.2) is 29.2 Å². The highest BCUT2D eigenvalue weighted by Crippen LogP contribution is 2.19. The van der Waals surface area contributed by atoms with E-state index in [1.54, 1.807) is 29.0 Å². The van der Waals surface area contributed by atoms with E-state index < -0.39 is 15.9 Å². The van der Waals surface area contributed by atoms with Crippen molar-refractivity contribution < 1.29 is 18.0 Å². The Hall–Kier alpha value is -2.09. The summed E-state index contributed by atoms with van der Waals surface area (Å²) in [7, 11) is -1.52. The second kappa shape index (κ2) is 7.86. The fourth-order valence-corrected chi connectivity index (χ4v) is 3.44. The van der Waals surface area contributed by atoms with Crippen LogP contribution in [0.2, 0.25) is 0 Å². The van der Waals surface area contributed by atoms with Gasteiger partial charge in [-0.2, -0.15) is 0 Å². The number of hydrogen-bond acceptors (Lipinski definition) is 4. The molecule has 0 saturated carbocycles. The molecular formula is C17H25N3O4S. The molecular weight excluding hydrogens is 342 g/mol. The van der Waals surface area contributed by atoms with Gasteiger partial charge in [-0.15, -0.1) is 0 Å². The summed E-state index contributed by atoms with van der Waals surface area (Å²) in [6, 6.07) is 5.22. The Morgan fingerprint density at radius 1 is 1.24 bits per heavy atom. The molecule has 1 atom stereocenters. The number of unbranched alkanes of at least 4 members (excludes halogenated alkanes) is 1. The van der Waals surface area contributed by atoms with E-state index in [2.05, 4.69) is 5.32 Å². The molecule has 0 aromatic heterocycles. The SMILES string of the molecule is CCCCC1C(=O)N(C)CCN1C(=O)Nc1ccc(S(C)(=O)=O)cc1. The molecule has 1 heterocycles. The summed E-state index contributed by atoms with van der Waals surface area (Å²) in [5.41, 5.74) is 0.498. The van der Waals surface area contributed by atoms with Crippen LogP contribution >= 0.6 is 0 Å². The van der Waals surface area contributed by atoms with Gasteiger partial charge in [0.25, 0.3) is 0 Å². The Labute approximate surface area is 148 Å². The minimum absolute atomic E-state index is 0.0396. The Morgan fingerprint density at radius 3 is 2.44 bits per heavy atom. The summed E-state index contributed by atoms with van der Waals surface area (Å²) >= 11 is 0. The smallest absolute Gasteiger partial charge is 0.322 e. The Balaban J connectivity index is 2.11. The van der Waals surface area contributed by atoms with E-state index in [1.807, 2.05) is 6.92 Å². The number of hydrogen-bond donors (Lipinski definition) is 1. The summed E-state index contributed by atoms with van der Waals surface area (Å²) < 4.78 is 23.0. The van der Waals surface area contributed by atoms with Crippen molar-refractivity contribution in [3.63, 3.8) is 0 Å². The van der Waals surface area contributed by atoms with Crippen molar-refractivity contribution in [2.45, 2.75) is 37.1 Å². The van der Waals surface area contributed by atoms with Gasteiger partial charge in [-0.3, -0.25) is 4.79 Å². The number of urea groups is 1. The zero-order valence-electron chi connectivity index (χ0n) is 14.9. The minimum atomic E-state index is -3.27. The standard InChI is InChI=1S/C17H25N3O4S/c1-4-5-6-15-16(21)19(2)11-12-20(15)17(22)18-13-7-9-14(10-8-13)25(3,23)24/h7-10,15H,4-6,11-12H2,1-3H3,(H,18,22). The highest BCUT2D eigenvalue weighted by molar-refractivity contribution is 7.90. The number of benzene rings is 1. The highest BCUT2D eigenvalue weighted by atomic mass is 32.2. The van der Waals surface area contributed by atoms with E-state index in [-0.39, 0.29) is 16.8 Å². The van der Waals surface area contributed by atoms with Gasteiger partial charge in [0.15, 0.2) is 9.84 Å². The van der Waals surface area contributed by atoms with Crippen molar-refractivity contribution in [3.05, 3.63) is 24.3 Å². The Bertz CT molecular complexity index is 731. The average molecular weight is 367 g/mol. The van der Waals surface area contributed by atoms with E-state index in [9.17, 15) is 18.0 Å². The number of anilines is 1. The van der Waals surface area contributed by atoms with Crippen molar-refractivity contribution in [3.8, 4) is 0 Å². The molecule has 1 saturated heterocycles. The number of amides is 3. The maximum atomic E-state index is 12.6. The molecule has 1 aromatic carbocycles. The van der Waals surface area contributed by atoms with E-state index in [1.165, 1.54) is 12.1 Å². The van der Waals surface area contributed by atoms with Crippen LogP contribution in [-0.2, 0) is 14.6 Å². The quantitative estimate of drug-likeness (QED) is 0.862. The number of sulfone groups is 1. The molecule has 25 heavy (non-hydrogen) atoms. The molecule has 0 bridgehead atoms. The van der Waals surface area contributed by atoms with Gasteiger partial charge in [0.05, 0.1) is 4.90 Å². The maximum absolute atomic E-state index is 12.6. The highest BCUT2D eigenvalue weighted by Gasteiger charge is 2.35. The third kappa shape index (κ3) is 4.72. The molecule has 0 spiro atoms. The molecule has 0 aliphatic carbocycles. The third-order valence-corrected chi connectivity index (χ3v) is 5.47. The summed E-state index contributed by atoms with van der Waals surface area (Å²) in [4.78, 5) is 28.4. The van der Waals surface area contributed by atoms with Crippen LogP contribution < -0.4 is 5.32 Å². The van der Waals surface area contributed by atoms with E-state index >= 15 is 0 Å². The monoisotopic (exact) mass is 367 g/mol. The second-order valence-corrected chi connectivity index (χ2v) is 8.35. The van der Waals surface area contributed by atoms with Crippen molar-refractivity contribution in [1.29, 1.82) is 0 Å². The molecule has 138 valence electrons. The summed E-state index contributed by atoms with van der Waals surface area (Å²) in [5.74, 6) is -0.0396. The summed E-state index contributed by atoms with van der Waals surface area (Å²) in [6.07, 6.45) is 3.60. The van der Waals surface area contributed by atoms with Gasteiger partial charge in [-0.1, -0.05) is 19.8 Å². The molecule has 2 rings (SSSR count). The number of nitrogens with one attached hydrogen (secondary N) is 1. The largest absolute Gasteiger partial charge is 0.342 e. The topological polar surface area (TPSA) is 86.8 Å². The molecule has 1 N–H and O–H groups in total. The molecule has 1 fully saturated rings. The van der Waals surface area contributed by atoms with Crippen molar-refractivity contribution in [2.24, 2.45) is 0 Å². The lowest BCUT2D eigenvalue weighted by atomic mass is 10.0. The summed E-state index contributed by atoms with van der Waals surface area (Å²) in [5, 5.41) is 2.75. The number of piperazine rings is 1. The fraction of sp³-hybridized carbons (Fsp3) is 0.529. The molecule has 3 amide bonds. The molecule has 1 aromatic rings. The van der Waals surface area contributed by atoms with E-state index in [4.69, 9.17) is 0 Å². The van der Waals surface area contributed by atoms with Gasteiger partial charge in [0, 0.05) is 32.1 Å². The van der Waals surface area contributed by atoms with Crippen LogP contribution in [0.5, 0.6) is 0 Å². The first-order valence-corrected chi connectivity index (χ1v) is 10.3. The predicted molar refractivity (Wildman–Crippen MR) is 96.2 cm³/mol. The molecule has 8 heteroatoms. The van der Waals surface area contributed by atoms with Gasteiger partial charge < -0.3 is 15.1 Å². The Morgan fingerprint density at radius 2 is 1.88 bits per heavy atom. The minimum Gasteiger partial charge on any atom is -0.342 e. The third-order valence-electron chi connectivity index (χ3n) is 4.34. The second-order valence-electron chi connectivity index (χ2n) is 6.34. The van der Waals surface area contributed by atoms with Crippen LogP contribution in [-0.4, -0.2) is 62.6 Å². The molecule has 7 nitrogen and oxygen atoms in total. The lowest BCUT2D eigenvalue weighted by Gasteiger charge is -2.39. The first-order valence-electron chi connectivity index (χ1n) is 8.36. The van der Waals surface area contributed by atoms with E-state index in [0.717, 1.165) is 19.1 Å². The zero-order chi connectivity index (χ0) is 18.6. The first kappa shape index (κ1) is 19.2. The first-order chi connectivity index (χ1) is 11.7. The number of likely N-dealkylation sites (N-methyl/N-ethyl adjacent to an activating group) is 1. The maximum Gasteiger partial charge on any atom is 0.322 e. The lowest BCUT2D eigenvalue weighted by Crippen LogP contribution is -2.58. The molecule has 1 aliphatic rings. The van der Waals surface area contributed by atoms with Crippen LogP contribution in [0.1, 0.15) is 26.2 Å². The van der Waals surface area contributed by atoms with Crippen LogP contribution in [0.25, 0.3) is 0 Å². The number of nitrogens with zero attached hydrogens (tertiary/aromatic N) is 2. The van der Waals surface area contributed by atoms with Crippen molar-refractivity contribution in [1.82, 2.24) is 9.80 Å². The lowest BCUT2D eigenvalue weighted by molar-refractivity contribution is -0.138. The van der Waals surface area contributed by atoms with Gasteiger partial charge in [0.1, 0.15) is 6.04 Å². The van der Waals surface area contributed by atoms with Crippen molar-refractivity contribution >= 4 is 27.5 Å². The number of rotatable bonds is 5. The van der Waals surface area contributed by atoms with Gasteiger partial charge in [-0.05, 0) is 30.7 Å². The van der Waals surface area contributed by atoms with E-state index in [0.29, 0.717) is 25.2 Å².